The van der Waals surface area contributed by atoms with E-state index in [4.69, 9.17) is 0 Å². The van der Waals surface area contributed by atoms with Gasteiger partial charge in [0, 0.05) is 12.6 Å². The first kappa shape index (κ1) is 19.5. The smallest absolute Gasteiger partial charge is 0.207 e. The number of benzene rings is 1. The molecule has 1 heterocycles. The maximum absolute atomic E-state index is 13.1. The molecule has 24 heavy (non-hydrogen) atoms. The van der Waals surface area contributed by atoms with Gasteiger partial charge in [-0.2, -0.15) is 4.31 Å². The molecule has 0 radical (unpaired) electrons. The highest BCUT2D eigenvalue weighted by atomic mass is 32.2. The summed E-state index contributed by atoms with van der Waals surface area (Å²) >= 11 is 0. The van der Waals surface area contributed by atoms with E-state index < -0.39 is 10.0 Å². The van der Waals surface area contributed by atoms with Crippen molar-refractivity contribution in [2.75, 3.05) is 6.54 Å². The molecular weight excluding hydrogens is 318 g/mol. The minimum atomic E-state index is -3.37. The average molecular weight is 352 g/mol. The van der Waals surface area contributed by atoms with Gasteiger partial charge in [-0.3, -0.25) is 0 Å². The normalized spacial score (nSPS) is 20.9. The Bertz CT molecular complexity index is 595. The van der Waals surface area contributed by atoms with E-state index in [1.807, 2.05) is 19.1 Å². The molecule has 4 heteroatoms. The van der Waals surface area contributed by atoms with E-state index in [0.29, 0.717) is 17.4 Å². The van der Waals surface area contributed by atoms with Crippen LogP contribution >= 0.6 is 0 Å². The van der Waals surface area contributed by atoms with Crippen LogP contribution in [0.3, 0.4) is 0 Å². The zero-order chi connectivity index (χ0) is 17.6. The minimum Gasteiger partial charge on any atom is -0.207 e. The number of nitrogens with zero attached hydrogens (tertiary/aromatic N) is 1. The van der Waals surface area contributed by atoms with Crippen LogP contribution < -0.4 is 0 Å². The molecular formula is C20H33NO2S. The first-order chi connectivity index (χ1) is 11.5. The Morgan fingerprint density at radius 3 is 2.50 bits per heavy atom. The number of hydrogen-bond acceptors (Lipinski definition) is 2. The molecule has 0 amide bonds. The van der Waals surface area contributed by atoms with E-state index in [2.05, 4.69) is 13.8 Å². The molecule has 2 rings (SSSR count). The predicted molar refractivity (Wildman–Crippen MR) is 101 cm³/mol. The lowest BCUT2D eigenvalue weighted by Gasteiger charge is -2.38. The van der Waals surface area contributed by atoms with Crippen molar-refractivity contribution in [1.29, 1.82) is 0 Å². The predicted octanol–water partition coefficient (Wildman–Crippen LogP) is 5.14. The second kappa shape index (κ2) is 9.00. The molecule has 0 spiro atoms. The number of piperidine rings is 1. The van der Waals surface area contributed by atoms with Gasteiger partial charge in [-0.25, -0.2) is 8.42 Å². The molecule has 3 nitrogen and oxygen atoms in total. The summed E-state index contributed by atoms with van der Waals surface area (Å²) in [4.78, 5) is 0.443. The largest absolute Gasteiger partial charge is 0.243 e. The van der Waals surface area contributed by atoms with Crippen LogP contribution in [0.4, 0.5) is 0 Å². The SMILES string of the molecule is CCCCCCC(C)C1CCCCN1S(=O)(=O)c1ccc(C)cc1. The standard InChI is InChI=1S/C20H33NO2S/c1-4-5-6-7-10-18(3)20-11-8-9-16-21(20)24(22,23)19-14-12-17(2)13-15-19/h12-15,18,20H,4-11,16H2,1-3H3. The van der Waals surface area contributed by atoms with E-state index in [1.165, 1.54) is 25.7 Å². The second-order valence-electron chi connectivity index (χ2n) is 7.32. The summed E-state index contributed by atoms with van der Waals surface area (Å²) in [5.41, 5.74) is 1.09. The molecule has 1 saturated heterocycles. The van der Waals surface area contributed by atoms with Crippen molar-refractivity contribution in [3.05, 3.63) is 29.8 Å². The zero-order valence-corrected chi connectivity index (χ0v) is 16.3. The van der Waals surface area contributed by atoms with Gasteiger partial charge in [0.05, 0.1) is 4.90 Å². The van der Waals surface area contributed by atoms with Gasteiger partial charge < -0.3 is 0 Å². The third-order valence-electron chi connectivity index (χ3n) is 5.30. The summed E-state index contributed by atoms with van der Waals surface area (Å²) in [6.45, 7) is 7.11. The first-order valence-electron chi connectivity index (χ1n) is 9.55. The van der Waals surface area contributed by atoms with E-state index in [9.17, 15) is 8.42 Å². The Hall–Kier alpha value is -0.870. The minimum absolute atomic E-state index is 0.159. The molecule has 0 aromatic heterocycles. The van der Waals surface area contributed by atoms with Gasteiger partial charge in [-0.1, -0.05) is 63.6 Å². The molecule has 136 valence electrons. The second-order valence-corrected chi connectivity index (χ2v) is 9.21. The van der Waals surface area contributed by atoms with Crippen LogP contribution in [0.15, 0.2) is 29.2 Å². The highest BCUT2D eigenvalue weighted by Gasteiger charge is 2.35. The fourth-order valence-electron chi connectivity index (χ4n) is 3.73. The van der Waals surface area contributed by atoms with Crippen molar-refractivity contribution >= 4 is 10.0 Å². The molecule has 2 atom stereocenters. The van der Waals surface area contributed by atoms with E-state index in [1.54, 1.807) is 16.4 Å². The van der Waals surface area contributed by atoms with E-state index in [0.717, 1.165) is 31.2 Å². The molecule has 0 bridgehead atoms. The first-order valence-corrected chi connectivity index (χ1v) is 11.0. The Labute approximate surface area is 148 Å². The molecule has 2 unspecified atom stereocenters. The van der Waals surface area contributed by atoms with Crippen LogP contribution in [0.5, 0.6) is 0 Å². The van der Waals surface area contributed by atoms with Crippen molar-refractivity contribution in [3.8, 4) is 0 Å². The third-order valence-corrected chi connectivity index (χ3v) is 7.23. The summed E-state index contributed by atoms with van der Waals surface area (Å²) in [5, 5.41) is 0. The van der Waals surface area contributed by atoms with Gasteiger partial charge >= 0.3 is 0 Å². The van der Waals surface area contributed by atoms with Gasteiger partial charge in [-0.15, -0.1) is 0 Å². The molecule has 1 aliphatic rings. The summed E-state index contributed by atoms with van der Waals surface area (Å²) < 4.78 is 28.0. The van der Waals surface area contributed by atoms with Crippen LogP contribution in [0.1, 0.15) is 70.8 Å². The van der Waals surface area contributed by atoms with Crippen molar-refractivity contribution in [3.63, 3.8) is 0 Å². The van der Waals surface area contributed by atoms with Gasteiger partial charge in [-0.05, 0) is 44.2 Å². The van der Waals surface area contributed by atoms with E-state index >= 15 is 0 Å². The average Bonchev–Trinajstić information content (AvgIpc) is 2.59. The lowest BCUT2D eigenvalue weighted by atomic mass is 9.89. The maximum Gasteiger partial charge on any atom is 0.243 e. The van der Waals surface area contributed by atoms with Crippen molar-refractivity contribution in [1.82, 2.24) is 4.31 Å². The Morgan fingerprint density at radius 1 is 1.12 bits per heavy atom. The number of rotatable bonds is 8. The van der Waals surface area contributed by atoms with Crippen molar-refractivity contribution < 1.29 is 8.42 Å². The number of unbranched alkanes of at least 4 members (excludes halogenated alkanes) is 3. The monoisotopic (exact) mass is 351 g/mol. The topological polar surface area (TPSA) is 37.4 Å². The molecule has 0 saturated carbocycles. The zero-order valence-electron chi connectivity index (χ0n) is 15.5. The molecule has 1 aromatic carbocycles. The molecule has 1 fully saturated rings. The third kappa shape index (κ3) is 4.82. The van der Waals surface area contributed by atoms with Gasteiger partial charge in [0.15, 0.2) is 0 Å². The summed E-state index contributed by atoms with van der Waals surface area (Å²) in [7, 11) is -3.37. The fraction of sp³-hybridized carbons (Fsp3) is 0.700. The summed E-state index contributed by atoms with van der Waals surface area (Å²) in [6, 6.07) is 7.44. The van der Waals surface area contributed by atoms with E-state index in [-0.39, 0.29) is 6.04 Å². The number of sulfonamides is 1. The van der Waals surface area contributed by atoms with Crippen LogP contribution in [0.25, 0.3) is 0 Å². The number of hydrogen-bond donors (Lipinski definition) is 0. The molecule has 1 aliphatic heterocycles. The summed E-state index contributed by atoms with van der Waals surface area (Å²) in [5.74, 6) is 0.433. The Kier molecular flexibility index (Phi) is 7.30. The maximum atomic E-state index is 13.1. The van der Waals surface area contributed by atoms with Crippen LogP contribution in [0.2, 0.25) is 0 Å². The Morgan fingerprint density at radius 2 is 1.83 bits per heavy atom. The molecule has 1 aromatic rings. The lowest BCUT2D eigenvalue weighted by molar-refractivity contribution is 0.185. The quantitative estimate of drug-likeness (QED) is 0.608. The van der Waals surface area contributed by atoms with Gasteiger partial charge in [0.2, 0.25) is 10.0 Å². The van der Waals surface area contributed by atoms with Crippen molar-refractivity contribution in [2.45, 2.75) is 83.1 Å². The highest BCUT2D eigenvalue weighted by molar-refractivity contribution is 7.89. The summed E-state index contributed by atoms with van der Waals surface area (Å²) in [6.07, 6.45) is 9.25. The van der Waals surface area contributed by atoms with Crippen LogP contribution in [-0.2, 0) is 10.0 Å². The molecule has 0 aliphatic carbocycles. The Balaban J connectivity index is 2.11. The van der Waals surface area contributed by atoms with Gasteiger partial charge in [0.1, 0.15) is 0 Å². The fourth-order valence-corrected chi connectivity index (χ4v) is 5.52. The molecule has 0 N–H and O–H groups in total. The van der Waals surface area contributed by atoms with Gasteiger partial charge in [0.25, 0.3) is 0 Å². The lowest BCUT2D eigenvalue weighted by Crippen LogP contribution is -2.46. The van der Waals surface area contributed by atoms with Crippen LogP contribution in [-0.4, -0.2) is 25.3 Å². The highest BCUT2D eigenvalue weighted by Crippen LogP contribution is 2.31. The number of aryl methyl sites for hydroxylation is 1. The van der Waals surface area contributed by atoms with Crippen molar-refractivity contribution in [2.24, 2.45) is 5.92 Å². The van der Waals surface area contributed by atoms with Crippen LogP contribution in [0, 0.1) is 12.8 Å².